The van der Waals surface area contributed by atoms with Crippen molar-refractivity contribution in [2.24, 2.45) is 5.92 Å². The zero-order valence-electron chi connectivity index (χ0n) is 13.2. The topological polar surface area (TPSA) is 64.6 Å². The molecule has 2 fully saturated rings. The fraction of sp³-hybridized carbons (Fsp3) is 1.00. The van der Waals surface area contributed by atoms with E-state index in [4.69, 9.17) is 9.47 Å². The smallest absolute Gasteiger partial charge is 0.159 e. The molecule has 1 aliphatic heterocycles. The van der Waals surface area contributed by atoms with Crippen molar-refractivity contribution in [1.29, 1.82) is 0 Å². The molecule has 5 nitrogen and oxygen atoms in total. The second-order valence-corrected chi connectivity index (χ2v) is 8.67. The minimum Gasteiger partial charge on any atom is -0.350 e. The van der Waals surface area contributed by atoms with Crippen LogP contribution < -0.4 is 5.32 Å². The highest BCUT2D eigenvalue weighted by molar-refractivity contribution is 7.91. The van der Waals surface area contributed by atoms with Crippen LogP contribution in [0, 0.1) is 5.92 Å². The lowest BCUT2D eigenvalue weighted by Gasteiger charge is -2.35. The van der Waals surface area contributed by atoms with Gasteiger partial charge in [-0.25, -0.2) is 8.42 Å². The summed E-state index contributed by atoms with van der Waals surface area (Å²) in [6.45, 7) is 4.44. The first-order chi connectivity index (χ1) is 10.0. The first kappa shape index (κ1) is 17.2. The van der Waals surface area contributed by atoms with E-state index in [1.54, 1.807) is 0 Å². The van der Waals surface area contributed by atoms with Crippen LogP contribution in [0.3, 0.4) is 0 Å². The molecule has 0 aromatic rings. The Kier molecular flexibility index (Phi) is 6.47. The molecule has 0 amide bonds. The summed E-state index contributed by atoms with van der Waals surface area (Å²) < 4.78 is 34.8. The van der Waals surface area contributed by atoms with Gasteiger partial charge in [0.1, 0.15) is 9.84 Å². The van der Waals surface area contributed by atoms with E-state index in [2.05, 4.69) is 12.2 Å². The summed E-state index contributed by atoms with van der Waals surface area (Å²) in [6.07, 6.45) is 6.82. The van der Waals surface area contributed by atoms with E-state index in [1.807, 2.05) is 0 Å². The standard InChI is InChI=1S/C15H29NO4S/c1-3-7-16-14(11-15-19-8-9-20-15)12-5-4-6-13(10-12)21(2,17)18/h12-16H,3-11H2,1-2H3. The lowest BCUT2D eigenvalue weighted by atomic mass is 9.82. The first-order valence-electron chi connectivity index (χ1n) is 8.16. The van der Waals surface area contributed by atoms with Crippen molar-refractivity contribution in [2.45, 2.75) is 63.0 Å². The van der Waals surface area contributed by atoms with Crippen LogP contribution in [-0.2, 0) is 19.3 Å². The van der Waals surface area contributed by atoms with Crippen LogP contribution in [0.1, 0.15) is 45.4 Å². The fourth-order valence-electron chi connectivity index (χ4n) is 3.46. The van der Waals surface area contributed by atoms with Crippen molar-refractivity contribution in [3.63, 3.8) is 0 Å². The lowest BCUT2D eigenvalue weighted by molar-refractivity contribution is -0.0575. The van der Waals surface area contributed by atoms with Crippen LogP contribution in [-0.4, -0.2) is 52.0 Å². The highest BCUT2D eigenvalue weighted by Crippen LogP contribution is 2.32. The monoisotopic (exact) mass is 319 g/mol. The molecule has 1 aliphatic carbocycles. The van der Waals surface area contributed by atoms with Crippen LogP contribution in [0.4, 0.5) is 0 Å². The third-order valence-corrected chi connectivity index (χ3v) is 6.27. The lowest BCUT2D eigenvalue weighted by Crippen LogP contribution is -2.43. The Hall–Kier alpha value is -0.170. The van der Waals surface area contributed by atoms with Crippen molar-refractivity contribution in [1.82, 2.24) is 5.32 Å². The predicted molar refractivity (Wildman–Crippen MR) is 83.0 cm³/mol. The molecule has 0 aromatic heterocycles. The third kappa shape index (κ3) is 5.20. The molecular weight excluding hydrogens is 290 g/mol. The van der Waals surface area contributed by atoms with E-state index >= 15 is 0 Å². The Labute approximate surface area is 128 Å². The number of nitrogens with one attached hydrogen (secondary N) is 1. The molecule has 124 valence electrons. The number of hydrogen-bond acceptors (Lipinski definition) is 5. The van der Waals surface area contributed by atoms with Crippen LogP contribution in [0.15, 0.2) is 0 Å². The summed E-state index contributed by atoms with van der Waals surface area (Å²) in [5, 5.41) is 3.41. The minimum absolute atomic E-state index is 0.127. The molecule has 3 unspecified atom stereocenters. The van der Waals surface area contributed by atoms with Gasteiger partial charge < -0.3 is 14.8 Å². The van der Waals surface area contributed by atoms with Crippen LogP contribution in [0.25, 0.3) is 0 Å². The summed E-state index contributed by atoms with van der Waals surface area (Å²) >= 11 is 0. The predicted octanol–water partition coefficient (Wildman–Crippen LogP) is 1.72. The average Bonchev–Trinajstić information content (AvgIpc) is 2.95. The highest BCUT2D eigenvalue weighted by Gasteiger charge is 2.34. The van der Waals surface area contributed by atoms with Gasteiger partial charge >= 0.3 is 0 Å². The number of hydrogen-bond donors (Lipinski definition) is 1. The van der Waals surface area contributed by atoms with E-state index in [-0.39, 0.29) is 17.6 Å². The maximum atomic E-state index is 11.8. The van der Waals surface area contributed by atoms with Crippen molar-refractivity contribution in [3.05, 3.63) is 0 Å². The molecular formula is C15H29NO4S. The largest absolute Gasteiger partial charge is 0.350 e. The van der Waals surface area contributed by atoms with Gasteiger partial charge in [0.2, 0.25) is 0 Å². The van der Waals surface area contributed by atoms with E-state index in [0.717, 1.165) is 45.1 Å². The summed E-state index contributed by atoms with van der Waals surface area (Å²) in [5.74, 6) is 0.401. The maximum Gasteiger partial charge on any atom is 0.159 e. The molecule has 3 atom stereocenters. The van der Waals surface area contributed by atoms with Gasteiger partial charge in [0.15, 0.2) is 6.29 Å². The number of rotatable bonds is 7. The molecule has 1 heterocycles. The molecule has 21 heavy (non-hydrogen) atoms. The Morgan fingerprint density at radius 2 is 1.95 bits per heavy atom. The Morgan fingerprint density at radius 1 is 1.24 bits per heavy atom. The average molecular weight is 319 g/mol. The first-order valence-corrected chi connectivity index (χ1v) is 10.1. The van der Waals surface area contributed by atoms with Gasteiger partial charge in [-0.1, -0.05) is 13.3 Å². The van der Waals surface area contributed by atoms with Gasteiger partial charge in [0.25, 0.3) is 0 Å². The SMILES string of the molecule is CCCNC(CC1OCCO1)C1CCCC(S(C)(=O)=O)C1. The second kappa shape index (κ2) is 7.90. The van der Waals surface area contributed by atoms with Crippen molar-refractivity contribution < 1.29 is 17.9 Å². The summed E-state index contributed by atoms with van der Waals surface area (Å²) in [5.41, 5.74) is 0. The van der Waals surface area contributed by atoms with Crippen molar-refractivity contribution in [2.75, 3.05) is 26.0 Å². The van der Waals surface area contributed by atoms with Gasteiger partial charge in [-0.05, 0) is 38.1 Å². The second-order valence-electron chi connectivity index (χ2n) is 6.35. The normalized spacial score (nSPS) is 29.6. The van der Waals surface area contributed by atoms with Crippen LogP contribution in [0.5, 0.6) is 0 Å². The van der Waals surface area contributed by atoms with Gasteiger partial charge in [0, 0.05) is 18.7 Å². The molecule has 0 bridgehead atoms. The Morgan fingerprint density at radius 3 is 2.57 bits per heavy atom. The van der Waals surface area contributed by atoms with Crippen molar-refractivity contribution >= 4 is 9.84 Å². The van der Waals surface area contributed by atoms with Gasteiger partial charge in [-0.15, -0.1) is 0 Å². The summed E-state index contributed by atoms with van der Waals surface area (Å²) in [7, 11) is -2.93. The molecule has 1 saturated carbocycles. The van der Waals surface area contributed by atoms with Crippen LogP contribution in [0.2, 0.25) is 0 Å². The molecule has 0 radical (unpaired) electrons. The van der Waals surface area contributed by atoms with Crippen molar-refractivity contribution in [3.8, 4) is 0 Å². The summed E-state index contributed by atoms with van der Waals surface area (Å²) in [6, 6.07) is 0.289. The molecule has 0 aromatic carbocycles. The molecule has 1 saturated heterocycles. The van der Waals surface area contributed by atoms with Gasteiger partial charge in [0.05, 0.1) is 18.5 Å². The quantitative estimate of drug-likeness (QED) is 0.774. The zero-order chi connectivity index (χ0) is 15.3. The van der Waals surface area contributed by atoms with Gasteiger partial charge in [-0.3, -0.25) is 0 Å². The van der Waals surface area contributed by atoms with Crippen LogP contribution >= 0.6 is 0 Å². The highest BCUT2D eigenvalue weighted by atomic mass is 32.2. The molecule has 1 N–H and O–H groups in total. The zero-order valence-corrected chi connectivity index (χ0v) is 14.0. The maximum absolute atomic E-state index is 11.8. The van der Waals surface area contributed by atoms with E-state index in [9.17, 15) is 8.42 Å². The number of ether oxygens (including phenoxy) is 2. The molecule has 2 aliphatic rings. The van der Waals surface area contributed by atoms with E-state index < -0.39 is 9.84 Å². The van der Waals surface area contributed by atoms with Gasteiger partial charge in [-0.2, -0.15) is 0 Å². The van der Waals surface area contributed by atoms with E-state index in [0.29, 0.717) is 19.1 Å². The fourth-order valence-corrected chi connectivity index (χ4v) is 4.65. The Balaban J connectivity index is 1.97. The van der Waals surface area contributed by atoms with E-state index in [1.165, 1.54) is 6.26 Å². The Bertz CT molecular complexity index is 406. The summed E-state index contributed by atoms with van der Waals surface area (Å²) in [4.78, 5) is 0. The minimum atomic E-state index is -2.93. The molecule has 6 heteroatoms. The third-order valence-electron chi connectivity index (χ3n) is 4.63. The molecule has 0 spiro atoms. The number of sulfone groups is 1. The molecule has 2 rings (SSSR count).